The Labute approximate surface area is 79.3 Å². The molecule has 60 valence electrons. The monoisotopic (exact) mass is 171 g/mol. The molecule has 4 nitrogen and oxygen atoms in total. The van der Waals surface area contributed by atoms with Gasteiger partial charge in [0.25, 0.3) is 0 Å². The summed E-state index contributed by atoms with van der Waals surface area (Å²) < 4.78 is 31.6. The first-order valence-corrected chi connectivity index (χ1v) is 4.20. The first-order chi connectivity index (χ1) is 4.52. The van der Waals surface area contributed by atoms with Gasteiger partial charge < -0.3 is 4.55 Å². The zero-order chi connectivity index (χ0) is 8.20. The number of hydrogen-bond acceptors (Lipinski definition) is 3. The molecule has 0 heterocycles. The van der Waals surface area contributed by atoms with Crippen LogP contribution in [0.3, 0.4) is 0 Å². The van der Waals surface area contributed by atoms with Crippen LogP contribution < -0.4 is 18.9 Å². The van der Waals surface area contributed by atoms with Gasteiger partial charge in [-0.15, -0.1) is 6.58 Å². The molecule has 0 bridgehead atoms. The van der Waals surface area contributed by atoms with Crippen molar-refractivity contribution < 1.29 is 31.8 Å². The van der Waals surface area contributed by atoms with Gasteiger partial charge in [-0.3, -0.25) is 0 Å². The molecule has 0 saturated heterocycles. The summed E-state index contributed by atoms with van der Waals surface area (Å²) in [6.45, 7) is 5.19. The van der Waals surface area contributed by atoms with E-state index in [2.05, 4.69) is 6.58 Å². The standard InChI is InChI=1S/C5H11NO3S.Li/c1-3-5-6(4-2)10(7,8)9;/h3H,1,4-5H2,2H3,(H,7,8,9);/q;+1/p-1. The second-order valence-corrected chi connectivity index (χ2v) is 3.07. The molecule has 6 heteroatoms. The summed E-state index contributed by atoms with van der Waals surface area (Å²) in [5.74, 6) is 0. The van der Waals surface area contributed by atoms with Crippen LogP contribution in [0.15, 0.2) is 12.7 Å². The van der Waals surface area contributed by atoms with Crippen molar-refractivity contribution in [3.8, 4) is 0 Å². The van der Waals surface area contributed by atoms with Crippen molar-refractivity contribution in [2.45, 2.75) is 6.92 Å². The molecule has 0 N–H and O–H groups in total. The minimum atomic E-state index is -4.27. The van der Waals surface area contributed by atoms with Gasteiger partial charge in [-0.1, -0.05) is 13.0 Å². The third kappa shape index (κ3) is 5.47. The predicted octanol–water partition coefficient (Wildman–Crippen LogP) is -3.04. The topological polar surface area (TPSA) is 60.4 Å². The third-order valence-electron chi connectivity index (χ3n) is 1.00. The van der Waals surface area contributed by atoms with Gasteiger partial charge in [0.15, 0.2) is 10.3 Å². The van der Waals surface area contributed by atoms with E-state index in [1.165, 1.54) is 6.08 Å². The fourth-order valence-electron chi connectivity index (χ4n) is 0.522. The normalized spacial score (nSPS) is 10.8. The Hall–Kier alpha value is 0.207. The van der Waals surface area contributed by atoms with Crippen molar-refractivity contribution in [3.63, 3.8) is 0 Å². The second kappa shape index (κ2) is 5.81. The van der Waals surface area contributed by atoms with Crippen LogP contribution in [-0.2, 0) is 10.3 Å². The molecular weight excluding hydrogens is 161 g/mol. The molecule has 0 aromatic carbocycles. The van der Waals surface area contributed by atoms with E-state index in [1.54, 1.807) is 6.92 Å². The summed E-state index contributed by atoms with van der Waals surface area (Å²) in [6, 6.07) is 0. The fourth-order valence-corrected chi connectivity index (χ4v) is 1.13. The van der Waals surface area contributed by atoms with Crippen LogP contribution in [-0.4, -0.2) is 30.4 Å². The van der Waals surface area contributed by atoms with Crippen LogP contribution in [0.5, 0.6) is 0 Å². The Morgan fingerprint density at radius 2 is 2.09 bits per heavy atom. The third-order valence-corrected chi connectivity index (χ3v) is 2.04. The Kier molecular flexibility index (Phi) is 7.27. The van der Waals surface area contributed by atoms with Crippen LogP contribution in [0, 0.1) is 0 Å². The molecule has 0 spiro atoms. The molecule has 0 radical (unpaired) electrons. The van der Waals surface area contributed by atoms with Crippen LogP contribution in [0.4, 0.5) is 0 Å². The molecule has 0 aliphatic rings. The first kappa shape index (κ1) is 13.8. The molecular formula is C5H10LiNO3S. The first-order valence-electron chi connectivity index (χ1n) is 2.84. The summed E-state index contributed by atoms with van der Waals surface area (Å²) in [5.41, 5.74) is 0. The average molecular weight is 171 g/mol. The zero-order valence-corrected chi connectivity index (χ0v) is 7.60. The molecule has 11 heavy (non-hydrogen) atoms. The van der Waals surface area contributed by atoms with Crippen LogP contribution >= 0.6 is 0 Å². The maximum atomic E-state index is 10.3. The molecule has 0 saturated carbocycles. The molecule has 0 fully saturated rings. The van der Waals surface area contributed by atoms with Crippen molar-refractivity contribution in [1.29, 1.82) is 0 Å². The minimum absolute atomic E-state index is 0. The van der Waals surface area contributed by atoms with Crippen molar-refractivity contribution in [3.05, 3.63) is 12.7 Å². The molecule has 0 aliphatic heterocycles. The SMILES string of the molecule is C=CCN(CC)S(=O)(=O)[O-].[Li+]. The van der Waals surface area contributed by atoms with E-state index in [0.717, 1.165) is 4.31 Å². The van der Waals surface area contributed by atoms with E-state index in [-0.39, 0.29) is 32.0 Å². The summed E-state index contributed by atoms with van der Waals surface area (Å²) in [4.78, 5) is 0. The van der Waals surface area contributed by atoms with E-state index in [9.17, 15) is 13.0 Å². The van der Waals surface area contributed by atoms with E-state index in [1.807, 2.05) is 0 Å². The number of likely N-dealkylation sites (N-methyl/N-ethyl adjacent to an activating group) is 1. The minimum Gasteiger partial charge on any atom is -0.735 e. The number of rotatable bonds is 4. The Bertz CT molecular complexity index is 202. The summed E-state index contributed by atoms with van der Waals surface area (Å²) in [7, 11) is -4.27. The zero-order valence-electron chi connectivity index (χ0n) is 6.78. The maximum Gasteiger partial charge on any atom is 1.00 e. The van der Waals surface area contributed by atoms with Gasteiger partial charge in [0, 0.05) is 13.1 Å². The van der Waals surface area contributed by atoms with Crippen LogP contribution in [0.1, 0.15) is 6.92 Å². The van der Waals surface area contributed by atoms with Gasteiger partial charge in [-0.05, 0) is 0 Å². The molecule has 0 atom stereocenters. The van der Waals surface area contributed by atoms with Gasteiger partial charge >= 0.3 is 18.9 Å². The van der Waals surface area contributed by atoms with Gasteiger partial charge in [-0.2, -0.15) is 0 Å². The van der Waals surface area contributed by atoms with Gasteiger partial charge in [0.2, 0.25) is 0 Å². The molecule has 0 unspecified atom stereocenters. The predicted molar refractivity (Wildman–Crippen MR) is 37.1 cm³/mol. The van der Waals surface area contributed by atoms with Gasteiger partial charge in [0.05, 0.1) is 0 Å². The number of nitrogens with zero attached hydrogens (tertiary/aromatic N) is 1. The summed E-state index contributed by atoms with van der Waals surface area (Å²) in [6.07, 6.45) is 1.37. The number of hydrogen-bond donors (Lipinski definition) is 0. The van der Waals surface area contributed by atoms with Crippen molar-refractivity contribution in [2.24, 2.45) is 0 Å². The molecule has 0 aromatic rings. The van der Waals surface area contributed by atoms with E-state index in [0.29, 0.717) is 0 Å². The second-order valence-electron chi connectivity index (χ2n) is 1.70. The fraction of sp³-hybridized carbons (Fsp3) is 0.600. The van der Waals surface area contributed by atoms with Gasteiger partial charge in [0.1, 0.15) is 0 Å². The van der Waals surface area contributed by atoms with Crippen molar-refractivity contribution in [1.82, 2.24) is 4.31 Å². The Balaban J connectivity index is 0. The van der Waals surface area contributed by atoms with Crippen LogP contribution in [0.2, 0.25) is 0 Å². The summed E-state index contributed by atoms with van der Waals surface area (Å²) >= 11 is 0. The van der Waals surface area contributed by atoms with E-state index in [4.69, 9.17) is 0 Å². The van der Waals surface area contributed by atoms with Crippen molar-refractivity contribution >= 4 is 10.3 Å². The maximum absolute atomic E-state index is 10.3. The molecule has 0 amide bonds. The Morgan fingerprint density at radius 3 is 2.18 bits per heavy atom. The molecule has 0 aromatic heterocycles. The molecule has 0 rings (SSSR count). The van der Waals surface area contributed by atoms with E-state index < -0.39 is 10.3 Å². The van der Waals surface area contributed by atoms with Crippen molar-refractivity contribution in [2.75, 3.05) is 13.1 Å². The average Bonchev–Trinajstić information content (AvgIpc) is 1.80. The smallest absolute Gasteiger partial charge is 0.735 e. The summed E-state index contributed by atoms with van der Waals surface area (Å²) in [5, 5.41) is 0. The quantitative estimate of drug-likeness (QED) is 0.256. The molecule has 0 aliphatic carbocycles. The van der Waals surface area contributed by atoms with Gasteiger partial charge in [-0.25, -0.2) is 12.7 Å². The largest absolute Gasteiger partial charge is 1.00 e. The Morgan fingerprint density at radius 1 is 1.64 bits per heavy atom. The van der Waals surface area contributed by atoms with E-state index >= 15 is 0 Å². The van der Waals surface area contributed by atoms with Crippen LogP contribution in [0.25, 0.3) is 0 Å².